The Morgan fingerprint density at radius 3 is 2.13 bits per heavy atom. The van der Waals surface area contributed by atoms with Gasteiger partial charge in [-0.3, -0.25) is 0 Å². The van der Waals surface area contributed by atoms with E-state index in [1.54, 1.807) is 14.2 Å². The van der Waals surface area contributed by atoms with Crippen LogP contribution in [0.5, 0.6) is 0 Å². The Morgan fingerprint density at radius 1 is 1.13 bits per heavy atom. The minimum atomic E-state index is 0.00130. The first-order valence-electron chi connectivity index (χ1n) is 6.08. The van der Waals surface area contributed by atoms with Crippen molar-refractivity contribution in [2.45, 2.75) is 39.4 Å². The molecule has 0 aromatic carbocycles. The summed E-state index contributed by atoms with van der Waals surface area (Å²) in [5.41, 5.74) is 0.557. The lowest BCUT2D eigenvalue weighted by molar-refractivity contribution is -0.103. The maximum Gasteiger partial charge on any atom is 0.460 e. The Labute approximate surface area is 93.9 Å². The van der Waals surface area contributed by atoms with Gasteiger partial charge in [-0.15, -0.1) is 0 Å². The van der Waals surface area contributed by atoms with Crippen molar-refractivity contribution in [3.8, 4) is 0 Å². The summed E-state index contributed by atoms with van der Waals surface area (Å²) in [4.78, 5) is 0. The molecule has 2 bridgehead atoms. The fourth-order valence-electron chi connectivity index (χ4n) is 3.99. The summed E-state index contributed by atoms with van der Waals surface area (Å²) in [5, 5.41) is 0. The molecule has 3 aliphatic carbocycles. The Hall–Kier alpha value is -0.0151. The minimum Gasteiger partial charge on any atom is -0.414 e. The fraction of sp³-hybridized carbons (Fsp3) is 1.00. The monoisotopic (exact) mass is 210 g/mol. The average molecular weight is 210 g/mol. The largest absolute Gasteiger partial charge is 0.460 e. The summed E-state index contributed by atoms with van der Waals surface area (Å²) in [6, 6.07) is 0. The van der Waals surface area contributed by atoms with Gasteiger partial charge < -0.3 is 9.31 Å². The van der Waals surface area contributed by atoms with E-state index in [1.807, 2.05) is 0 Å². The van der Waals surface area contributed by atoms with E-state index in [0.717, 1.165) is 17.8 Å². The van der Waals surface area contributed by atoms with Crippen LogP contribution in [0, 0.1) is 23.2 Å². The molecule has 0 saturated heterocycles. The highest BCUT2D eigenvalue weighted by atomic mass is 16.6. The fourth-order valence-corrected chi connectivity index (χ4v) is 3.99. The quantitative estimate of drug-likeness (QED) is 0.667. The molecule has 0 spiro atoms. The molecule has 3 rings (SSSR count). The van der Waals surface area contributed by atoms with Crippen molar-refractivity contribution in [2.24, 2.45) is 23.2 Å². The van der Waals surface area contributed by atoms with Crippen LogP contribution in [0.15, 0.2) is 0 Å². The van der Waals surface area contributed by atoms with Crippen molar-refractivity contribution < 1.29 is 9.31 Å². The molecule has 4 unspecified atom stereocenters. The van der Waals surface area contributed by atoms with Gasteiger partial charge in [0, 0.05) is 14.2 Å². The molecule has 15 heavy (non-hydrogen) atoms. The number of rotatable bonds is 3. The summed E-state index contributed by atoms with van der Waals surface area (Å²) in [6.45, 7) is 7.22. The Bertz CT molecular complexity index is 238. The van der Waals surface area contributed by atoms with Crippen LogP contribution in [0.25, 0.3) is 0 Å². The first kappa shape index (κ1) is 11.5. The number of hydrogen-bond acceptors (Lipinski definition) is 2. The number of hydrogen-bond donors (Lipinski definition) is 0. The first-order chi connectivity index (χ1) is 7.02. The lowest BCUT2D eigenvalue weighted by Gasteiger charge is -2.62. The molecular formula is C12H23BO2. The molecular weight excluding hydrogens is 187 g/mol. The van der Waals surface area contributed by atoms with Crippen LogP contribution in [0.1, 0.15) is 33.6 Å². The van der Waals surface area contributed by atoms with Crippen molar-refractivity contribution in [2.75, 3.05) is 14.2 Å². The highest BCUT2D eigenvalue weighted by Gasteiger charge is 2.58. The van der Waals surface area contributed by atoms with Gasteiger partial charge in [0.25, 0.3) is 0 Å². The standard InChI is InChI=1S/C12H23BO2/c1-8-10-6-9(12(10,2)3)7-11(8)13(14-4)15-5/h8-11H,6-7H2,1-5H3. The SMILES string of the molecule is COB(OC)C1CC2CC(C1C)C2(C)C. The van der Waals surface area contributed by atoms with Crippen LogP contribution >= 0.6 is 0 Å². The van der Waals surface area contributed by atoms with E-state index in [4.69, 9.17) is 9.31 Å². The van der Waals surface area contributed by atoms with E-state index in [9.17, 15) is 0 Å². The molecule has 0 heterocycles. The zero-order chi connectivity index (χ0) is 11.2. The topological polar surface area (TPSA) is 18.5 Å². The zero-order valence-electron chi connectivity index (χ0n) is 10.6. The van der Waals surface area contributed by atoms with E-state index < -0.39 is 0 Å². The van der Waals surface area contributed by atoms with E-state index in [2.05, 4.69) is 20.8 Å². The van der Waals surface area contributed by atoms with Crippen LogP contribution in [0.2, 0.25) is 5.82 Å². The van der Waals surface area contributed by atoms with Gasteiger partial charge in [-0.05, 0) is 41.8 Å². The van der Waals surface area contributed by atoms with Gasteiger partial charge in [-0.1, -0.05) is 20.8 Å². The maximum absolute atomic E-state index is 5.42. The molecule has 3 saturated carbocycles. The summed E-state index contributed by atoms with van der Waals surface area (Å²) in [7, 11) is 3.51. The van der Waals surface area contributed by atoms with Crippen molar-refractivity contribution in [3.63, 3.8) is 0 Å². The normalized spacial score (nSPS) is 42.2. The molecule has 0 aromatic rings. The van der Waals surface area contributed by atoms with Crippen LogP contribution in [0.4, 0.5) is 0 Å². The van der Waals surface area contributed by atoms with Crippen LogP contribution in [-0.4, -0.2) is 21.3 Å². The second kappa shape index (κ2) is 3.78. The zero-order valence-corrected chi connectivity index (χ0v) is 10.6. The van der Waals surface area contributed by atoms with Crippen molar-refractivity contribution in [1.82, 2.24) is 0 Å². The minimum absolute atomic E-state index is 0.00130. The second-order valence-corrected chi connectivity index (χ2v) is 5.96. The Balaban J connectivity index is 2.08. The maximum atomic E-state index is 5.42. The molecule has 0 radical (unpaired) electrons. The molecule has 3 aliphatic rings. The van der Waals surface area contributed by atoms with E-state index in [1.165, 1.54) is 12.8 Å². The van der Waals surface area contributed by atoms with E-state index in [-0.39, 0.29) is 7.12 Å². The van der Waals surface area contributed by atoms with Gasteiger partial charge in [0.1, 0.15) is 0 Å². The molecule has 86 valence electrons. The predicted octanol–water partition coefficient (Wildman–Crippen LogP) is 2.84. The summed E-state index contributed by atoms with van der Waals surface area (Å²) >= 11 is 0. The smallest absolute Gasteiger partial charge is 0.414 e. The van der Waals surface area contributed by atoms with E-state index in [0.29, 0.717) is 11.2 Å². The van der Waals surface area contributed by atoms with Crippen LogP contribution < -0.4 is 0 Å². The molecule has 3 fully saturated rings. The third-order valence-electron chi connectivity index (χ3n) is 5.23. The summed E-state index contributed by atoms with van der Waals surface area (Å²) in [5.74, 6) is 3.08. The molecule has 2 nitrogen and oxygen atoms in total. The summed E-state index contributed by atoms with van der Waals surface area (Å²) < 4.78 is 10.8. The van der Waals surface area contributed by atoms with Crippen molar-refractivity contribution >= 4 is 7.12 Å². The molecule has 0 aromatic heterocycles. The lowest BCUT2D eigenvalue weighted by atomic mass is 9.39. The van der Waals surface area contributed by atoms with Crippen LogP contribution in [0.3, 0.4) is 0 Å². The highest BCUT2D eigenvalue weighted by molar-refractivity contribution is 6.46. The van der Waals surface area contributed by atoms with Gasteiger partial charge >= 0.3 is 7.12 Å². The highest BCUT2D eigenvalue weighted by Crippen LogP contribution is 2.65. The summed E-state index contributed by atoms with van der Waals surface area (Å²) in [6.07, 6.45) is 2.70. The van der Waals surface area contributed by atoms with Crippen LogP contribution in [-0.2, 0) is 9.31 Å². The third-order valence-corrected chi connectivity index (χ3v) is 5.23. The van der Waals surface area contributed by atoms with Gasteiger partial charge in [0.15, 0.2) is 0 Å². The molecule has 0 aliphatic heterocycles. The molecule has 0 N–H and O–H groups in total. The van der Waals surface area contributed by atoms with E-state index >= 15 is 0 Å². The van der Waals surface area contributed by atoms with Crippen molar-refractivity contribution in [1.29, 1.82) is 0 Å². The predicted molar refractivity (Wildman–Crippen MR) is 62.7 cm³/mol. The van der Waals surface area contributed by atoms with Gasteiger partial charge in [0.2, 0.25) is 0 Å². The Kier molecular flexibility index (Phi) is 2.89. The second-order valence-electron chi connectivity index (χ2n) is 5.96. The van der Waals surface area contributed by atoms with Crippen molar-refractivity contribution in [3.05, 3.63) is 0 Å². The molecule has 3 heteroatoms. The average Bonchev–Trinajstić information content (AvgIpc) is 2.21. The number of fused-ring (bicyclic) bond motifs is 2. The van der Waals surface area contributed by atoms with Gasteiger partial charge in [-0.25, -0.2) is 0 Å². The van der Waals surface area contributed by atoms with Gasteiger partial charge in [-0.2, -0.15) is 0 Å². The molecule has 4 atom stereocenters. The Morgan fingerprint density at radius 2 is 1.73 bits per heavy atom. The lowest BCUT2D eigenvalue weighted by Crippen LogP contribution is -2.56. The molecule has 0 amide bonds. The first-order valence-corrected chi connectivity index (χ1v) is 6.08. The third kappa shape index (κ3) is 1.55. The van der Waals surface area contributed by atoms with Gasteiger partial charge in [0.05, 0.1) is 0 Å².